The fourth-order valence-electron chi connectivity index (χ4n) is 1.39. The zero-order chi connectivity index (χ0) is 13.2. The van der Waals surface area contributed by atoms with Crippen LogP contribution in [0.1, 0.15) is 28.4 Å². The number of carbonyl (C=O) groups excluding carboxylic acids is 1. The van der Waals surface area contributed by atoms with E-state index in [1.807, 2.05) is 0 Å². The van der Waals surface area contributed by atoms with Crippen LogP contribution in [0.4, 0.5) is 13.2 Å². The molecular formula is C11H8F3NO2. The van der Waals surface area contributed by atoms with E-state index in [0.29, 0.717) is 12.1 Å². The number of nitriles is 1. The summed E-state index contributed by atoms with van der Waals surface area (Å²) in [5.41, 5.74) is -1.50. The maximum absolute atomic E-state index is 12.5. The minimum atomic E-state index is -4.59. The molecule has 3 nitrogen and oxygen atoms in total. The van der Waals surface area contributed by atoms with E-state index in [2.05, 4.69) is 0 Å². The van der Waals surface area contributed by atoms with Crippen molar-refractivity contribution in [2.45, 2.75) is 13.1 Å². The van der Waals surface area contributed by atoms with Gasteiger partial charge in [0.05, 0.1) is 23.8 Å². The highest BCUT2D eigenvalue weighted by molar-refractivity contribution is 5.99. The molecule has 0 unspecified atom stereocenters. The van der Waals surface area contributed by atoms with E-state index >= 15 is 0 Å². The van der Waals surface area contributed by atoms with Gasteiger partial charge in [-0.05, 0) is 19.1 Å². The molecule has 6 heteroatoms. The van der Waals surface area contributed by atoms with Gasteiger partial charge >= 0.3 is 6.18 Å². The number of benzene rings is 1. The van der Waals surface area contributed by atoms with Crippen molar-refractivity contribution >= 4 is 5.78 Å². The maximum Gasteiger partial charge on any atom is 0.416 e. The van der Waals surface area contributed by atoms with Crippen molar-refractivity contribution in [2.24, 2.45) is 0 Å². The lowest BCUT2D eigenvalue weighted by molar-refractivity contribution is -0.137. The highest BCUT2D eigenvalue weighted by Crippen LogP contribution is 2.35. The molecule has 0 saturated heterocycles. The van der Waals surface area contributed by atoms with Gasteiger partial charge in [0.25, 0.3) is 0 Å². The second-order valence-electron chi connectivity index (χ2n) is 3.27. The van der Waals surface area contributed by atoms with E-state index in [-0.39, 0.29) is 16.9 Å². The molecule has 90 valence electrons. The highest BCUT2D eigenvalue weighted by Gasteiger charge is 2.33. The number of halogens is 3. The third-order valence-electron chi connectivity index (χ3n) is 2.12. The smallest absolute Gasteiger partial charge is 0.416 e. The fourth-order valence-corrected chi connectivity index (χ4v) is 1.39. The largest absolute Gasteiger partial charge is 0.496 e. The molecule has 0 fully saturated rings. The molecule has 0 atom stereocenters. The molecule has 0 saturated carbocycles. The predicted octanol–water partition coefficient (Wildman–Crippen LogP) is 2.79. The van der Waals surface area contributed by atoms with Crippen LogP contribution in [0, 0.1) is 11.3 Å². The lowest BCUT2D eigenvalue weighted by Crippen LogP contribution is -2.09. The number of ketones is 1. The van der Waals surface area contributed by atoms with Crippen LogP contribution in [0.15, 0.2) is 12.1 Å². The molecule has 17 heavy (non-hydrogen) atoms. The molecule has 0 radical (unpaired) electrons. The molecule has 0 bridgehead atoms. The van der Waals surface area contributed by atoms with E-state index in [4.69, 9.17) is 10.00 Å². The van der Waals surface area contributed by atoms with Crippen molar-refractivity contribution in [1.29, 1.82) is 5.26 Å². The van der Waals surface area contributed by atoms with Gasteiger partial charge in [-0.15, -0.1) is 0 Å². The minimum absolute atomic E-state index is 0.136. The quantitative estimate of drug-likeness (QED) is 0.750. The molecule has 0 heterocycles. The summed E-state index contributed by atoms with van der Waals surface area (Å²) in [6.07, 6.45) is -4.59. The van der Waals surface area contributed by atoms with Gasteiger partial charge < -0.3 is 4.74 Å². The van der Waals surface area contributed by atoms with Crippen LogP contribution in [0.2, 0.25) is 0 Å². The first-order chi connectivity index (χ1) is 7.81. The first kappa shape index (κ1) is 13.0. The van der Waals surface area contributed by atoms with Gasteiger partial charge in [-0.3, -0.25) is 4.79 Å². The zero-order valence-corrected chi connectivity index (χ0v) is 9.05. The third kappa shape index (κ3) is 2.56. The first-order valence-corrected chi connectivity index (χ1v) is 4.51. The standard InChI is InChI=1S/C11H8F3NO2/c1-6(16)10-7(5-15)3-8(11(12,13)14)4-9(10)17-2/h3-4H,1-2H3. The Morgan fingerprint density at radius 1 is 1.41 bits per heavy atom. The zero-order valence-electron chi connectivity index (χ0n) is 9.05. The predicted molar refractivity (Wildman–Crippen MR) is 52.7 cm³/mol. The van der Waals surface area contributed by atoms with Crippen molar-refractivity contribution in [2.75, 3.05) is 7.11 Å². The minimum Gasteiger partial charge on any atom is -0.496 e. The Balaban J connectivity index is 3.58. The normalized spacial score (nSPS) is 10.8. The number of nitrogens with zero attached hydrogens (tertiary/aromatic N) is 1. The summed E-state index contributed by atoms with van der Waals surface area (Å²) < 4.78 is 42.2. The summed E-state index contributed by atoms with van der Waals surface area (Å²) in [5.74, 6) is -0.768. The molecule has 1 aromatic rings. The number of hydrogen-bond acceptors (Lipinski definition) is 3. The molecule has 0 aliphatic carbocycles. The van der Waals surface area contributed by atoms with Gasteiger partial charge in [-0.1, -0.05) is 0 Å². The van der Waals surface area contributed by atoms with Gasteiger partial charge in [0.2, 0.25) is 0 Å². The molecule has 0 amide bonds. The fraction of sp³-hybridized carbons (Fsp3) is 0.273. The van der Waals surface area contributed by atoms with Crippen LogP contribution in [0.25, 0.3) is 0 Å². The molecule has 0 aliphatic rings. The van der Waals surface area contributed by atoms with Crippen molar-refractivity contribution in [3.05, 3.63) is 28.8 Å². The van der Waals surface area contributed by atoms with Gasteiger partial charge in [-0.2, -0.15) is 18.4 Å². The number of rotatable bonds is 2. The van der Waals surface area contributed by atoms with E-state index < -0.39 is 17.5 Å². The van der Waals surface area contributed by atoms with Crippen molar-refractivity contribution in [3.8, 4) is 11.8 Å². The topological polar surface area (TPSA) is 50.1 Å². The molecule has 0 spiro atoms. The van der Waals surface area contributed by atoms with Crippen LogP contribution in [-0.2, 0) is 6.18 Å². The third-order valence-corrected chi connectivity index (χ3v) is 2.12. The molecular weight excluding hydrogens is 235 g/mol. The SMILES string of the molecule is COc1cc(C(F)(F)F)cc(C#N)c1C(C)=O. The second kappa shape index (κ2) is 4.45. The Labute approximate surface area is 95.4 Å². The van der Waals surface area contributed by atoms with Crippen LogP contribution in [-0.4, -0.2) is 12.9 Å². The lowest BCUT2D eigenvalue weighted by atomic mass is 10.0. The number of hydrogen-bond donors (Lipinski definition) is 0. The van der Waals surface area contributed by atoms with Gasteiger partial charge in [0.1, 0.15) is 11.8 Å². The van der Waals surface area contributed by atoms with E-state index in [9.17, 15) is 18.0 Å². The Morgan fingerprint density at radius 2 is 2.00 bits per heavy atom. The van der Waals surface area contributed by atoms with E-state index in [1.165, 1.54) is 0 Å². The Kier molecular flexibility index (Phi) is 3.42. The molecule has 0 aromatic heterocycles. The first-order valence-electron chi connectivity index (χ1n) is 4.51. The maximum atomic E-state index is 12.5. The summed E-state index contributed by atoms with van der Waals surface area (Å²) >= 11 is 0. The molecule has 0 aliphatic heterocycles. The average molecular weight is 243 g/mol. The summed E-state index contributed by atoms with van der Waals surface area (Å²) in [4.78, 5) is 11.3. The summed E-state index contributed by atoms with van der Waals surface area (Å²) in [6, 6.07) is 2.91. The van der Waals surface area contributed by atoms with Gasteiger partial charge in [0, 0.05) is 0 Å². The number of ether oxygens (including phenoxy) is 1. The molecule has 0 N–H and O–H groups in total. The Morgan fingerprint density at radius 3 is 2.35 bits per heavy atom. The summed E-state index contributed by atoms with van der Waals surface area (Å²) in [5, 5.41) is 8.75. The average Bonchev–Trinajstić information content (AvgIpc) is 2.25. The van der Waals surface area contributed by atoms with Crippen LogP contribution < -0.4 is 4.74 Å². The lowest BCUT2D eigenvalue weighted by Gasteiger charge is -2.12. The number of methoxy groups -OCH3 is 1. The van der Waals surface area contributed by atoms with E-state index in [1.54, 1.807) is 6.07 Å². The molecule has 1 aromatic carbocycles. The monoisotopic (exact) mass is 243 g/mol. The van der Waals surface area contributed by atoms with Gasteiger partial charge in [-0.25, -0.2) is 0 Å². The van der Waals surface area contributed by atoms with Crippen molar-refractivity contribution < 1.29 is 22.7 Å². The number of alkyl halides is 3. The second-order valence-corrected chi connectivity index (χ2v) is 3.27. The Bertz CT molecular complexity index is 501. The van der Waals surface area contributed by atoms with Crippen LogP contribution >= 0.6 is 0 Å². The van der Waals surface area contributed by atoms with Crippen molar-refractivity contribution in [3.63, 3.8) is 0 Å². The van der Waals surface area contributed by atoms with Crippen molar-refractivity contribution in [1.82, 2.24) is 0 Å². The van der Waals surface area contributed by atoms with Gasteiger partial charge in [0.15, 0.2) is 5.78 Å². The number of carbonyl (C=O) groups is 1. The Hall–Kier alpha value is -2.03. The summed E-state index contributed by atoms with van der Waals surface area (Å²) in [7, 11) is 1.14. The van der Waals surface area contributed by atoms with Crippen LogP contribution in [0.5, 0.6) is 5.75 Å². The molecule has 1 rings (SSSR count). The summed E-state index contributed by atoms with van der Waals surface area (Å²) in [6.45, 7) is 1.16. The van der Waals surface area contributed by atoms with E-state index in [0.717, 1.165) is 14.0 Å². The highest BCUT2D eigenvalue weighted by atomic mass is 19.4. The number of Topliss-reactive ketones (excluding diaryl/α,β-unsaturated/α-hetero) is 1. The van der Waals surface area contributed by atoms with Crippen LogP contribution in [0.3, 0.4) is 0 Å².